The predicted molar refractivity (Wildman–Crippen MR) is 66.9 cm³/mol. The molecule has 0 aliphatic carbocycles. The average molecular weight is 216 g/mol. The SMILES string of the molecule is CC(C)[C@H](C)CNCc1ccc(C#N)cc1. The summed E-state index contributed by atoms with van der Waals surface area (Å²) in [5.74, 6) is 1.41. The molecule has 0 saturated heterocycles. The van der Waals surface area contributed by atoms with E-state index >= 15 is 0 Å². The second kappa shape index (κ2) is 6.30. The lowest BCUT2D eigenvalue weighted by Gasteiger charge is -2.16. The van der Waals surface area contributed by atoms with Crippen molar-refractivity contribution in [1.29, 1.82) is 5.26 Å². The Bertz CT molecular complexity index is 346. The second-order valence-electron chi connectivity index (χ2n) is 4.66. The van der Waals surface area contributed by atoms with Crippen molar-refractivity contribution in [3.8, 4) is 6.07 Å². The third-order valence-corrected chi connectivity index (χ3v) is 3.02. The number of benzene rings is 1. The Morgan fingerprint density at radius 1 is 1.19 bits per heavy atom. The molecule has 0 aliphatic heterocycles. The Labute approximate surface area is 98.3 Å². The summed E-state index contributed by atoms with van der Waals surface area (Å²) in [7, 11) is 0. The molecule has 0 spiro atoms. The third-order valence-electron chi connectivity index (χ3n) is 3.02. The summed E-state index contributed by atoms with van der Waals surface area (Å²) < 4.78 is 0. The lowest BCUT2D eigenvalue weighted by atomic mass is 9.98. The Balaban J connectivity index is 2.35. The summed E-state index contributed by atoms with van der Waals surface area (Å²) >= 11 is 0. The fourth-order valence-corrected chi connectivity index (χ4v) is 1.38. The van der Waals surface area contributed by atoms with Crippen LogP contribution >= 0.6 is 0 Å². The van der Waals surface area contributed by atoms with Crippen molar-refractivity contribution in [2.24, 2.45) is 11.8 Å². The Hall–Kier alpha value is -1.33. The minimum atomic E-state index is 0.693. The van der Waals surface area contributed by atoms with Crippen LogP contribution in [-0.2, 0) is 6.54 Å². The van der Waals surface area contributed by atoms with Gasteiger partial charge in [0, 0.05) is 6.54 Å². The first-order valence-corrected chi connectivity index (χ1v) is 5.83. The van der Waals surface area contributed by atoms with Crippen LogP contribution in [0.1, 0.15) is 31.9 Å². The topological polar surface area (TPSA) is 35.8 Å². The van der Waals surface area contributed by atoms with E-state index in [1.54, 1.807) is 0 Å². The molecule has 2 nitrogen and oxygen atoms in total. The van der Waals surface area contributed by atoms with Gasteiger partial charge in [-0.15, -0.1) is 0 Å². The van der Waals surface area contributed by atoms with Crippen LogP contribution in [0.2, 0.25) is 0 Å². The van der Waals surface area contributed by atoms with E-state index in [1.807, 2.05) is 24.3 Å². The first-order valence-electron chi connectivity index (χ1n) is 5.83. The number of hydrogen-bond acceptors (Lipinski definition) is 2. The fourth-order valence-electron chi connectivity index (χ4n) is 1.38. The molecule has 1 atom stereocenters. The molecule has 0 heterocycles. The van der Waals surface area contributed by atoms with Crippen molar-refractivity contribution in [2.75, 3.05) is 6.54 Å². The predicted octanol–water partition coefficient (Wildman–Crippen LogP) is 2.94. The van der Waals surface area contributed by atoms with Crippen molar-refractivity contribution in [3.63, 3.8) is 0 Å². The summed E-state index contributed by atoms with van der Waals surface area (Å²) in [6.45, 7) is 8.67. The Morgan fingerprint density at radius 2 is 1.81 bits per heavy atom. The molecule has 0 aromatic heterocycles. The Kier molecular flexibility index (Phi) is 5.01. The van der Waals surface area contributed by atoms with Crippen LogP contribution in [0.3, 0.4) is 0 Å². The maximum Gasteiger partial charge on any atom is 0.0991 e. The smallest absolute Gasteiger partial charge is 0.0991 e. The van der Waals surface area contributed by atoms with Crippen LogP contribution in [0.5, 0.6) is 0 Å². The van der Waals surface area contributed by atoms with Gasteiger partial charge in [0.1, 0.15) is 0 Å². The van der Waals surface area contributed by atoms with Gasteiger partial charge in [-0.2, -0.15) is 5.26 Å². The van der Waals surface area contributed by atoms with E-state index in [9.17, 15) is 0 Å². The first-order chi connectivity index (χ1) is 7.63. The van der Waals surface area contributed by atoms with Gasteiger partial charge < -0.3 is 5.32 Å². The van der Waals surface area contributed by atoms with Gasteiger partial charge in [0.2, 0.25) is 0 Å². The van der Waals surface area contributed by atoms with E-state index in [-0.39, 0.29) is 0 Å². The lowest BCUT2D eigenvalue weighted by molar-refractivity contribution is 0.392. The van der Waals surface area contributed by atoms with E-state index in [2.05, 4.69) is 32.2 Å². The van der Waals surface area contributed by atoms with Crippen molar-refractivity contribution in [1.82, 2.24) is 5.32 Å². The van der Waals surface area contributed by atoms with Gasteiger partial charge in [-0.05, 0) is 36.1 Å². The van der Waals surface area contributed by atoms with Gasteiger partial charge in [-0.25, -0.2) is 0 Å². The molecule has 0 amide bonds. The van der Waals surface area contributed by atoms with Gasteiger partial charge in [0.25, 0.3) is 0 Å². The highest BCUT2D eigenvalue weighted by molar-refractivity contribution is 5.31. The summed E-state index contributed by atoms with van der Waals surface area (Å²) in [5, 5.41) is 12.1. The van der Waals surface area contributed by atoms with Crippen molar-refractivity contribution in [3.05, 3.63) is 35.4 Å². The largest absolute Gasteiger partial charge is 0.312 e. The third kappa shape index (κ3) is 4.04. The highest BCUT2D eigenvalue weighted by Gasteiger charge is 2.05. The highest BCUT2D eigenvalue weighted by Crippen LogP contribution is 2.08. The van der Waals surface area contributed by atoms with Crippen LogP contribution in [0, 0.1) is 23.2 Å². The number of nitrogens with zero attached hydrogens (tertiary/aromatic N) is 1. The zero-order chi connectivity index (χ0) is 12.0. The molecule has 1 aromatic rings. The highest BCUT2D eigenvalue weighted by atomic mass is 14.9. The molecule has 0 saturated carbocycles. The van der Waals surface area contributed by atoms with Crippen LogP contribution in [0.25, 0.3) is 0 Å². The molecule has 0 aliphatic rings. The summed E-state index contributed by atoms with van der Waals surface area (Å²) in [6, 6.07) is 9.86. The average Bonchev–Trinajstić information content (AvgIpc) is 2.29. The zero-order valence-corrected chi connectivity index (χ0v) is 10.3. The van der Waals surface area contributed by atoms with Gasteiger partial charge in [0.15, 0.2) is 0 Å². The van der Waals surface area contributed by atoms with Crippen molar-refractivity contribution in [2.45, 2.75) is 27.3 Å². The van der Waals surface area contributed by atoms with Crippen LogP contribution in [0.15, 0.2) is 24.3 Å². The molecule has 86 valence electrons. The molecular formula is C14H20N2. The zero-order valence-electron chi connectivity index (χ0n) is 10.3. The van der Waals surface area contributed by atoms with E-state index in [4.69, 9.17) is 5.26 Å². The molecule has 1 aromatic carbocycles. The van der Waals surface area contributed by atoms with Crippen LogP contribution < -0.4 is 5.32 Å². The first kappa shape index (κ1) is 12.7. The van der Waals surface area contributed by atoms with Crippen LogP contribution in [0.4, 0.5) is 0 Å². The standard InChI is InChI=1S/C14H20N2/c1-11(2)12(3)9-16-10-14-6-4-13(8-15)5-7-14/h4-7,11-12,16H,9-10H2,1-3H3/t12-/m1/s1. The van der Waals surface area contributed by atoms with E-state index in [1.165, 1.54) is 5.56 Å². The number of nitriles is 1. The quantitative estimate of drug-likeness (QED) is 0.821. The minimum Gasteiger partial charge on any atom is -0.312 e. The molecule has 1 rings (SSSR count). The minimum absolute atomic E-state index is 0.693. The molecule has 1 N–H and O–H groups in total. The second-order valence-corrected chi connectivity index (χ2v) is 4.66. The molecule has 0 radical (unpaired) electrons. The van der Waals surface area contributed by atoms with Crippen molar-refractivity contribution >= 4 is 0 Å². The van der Waals surface area contributed by atoms with Crippen LogP contribution in [-0.4, -0.2) is 6.54 Å². The summed E-state index contributed by atoms with van der Waals surface area (Å²) in [6.07, 6.45) is 0. The molecule has 16 heavy (non-hydrogen) atoms. The van der Waals surface area contributed by atoms with Gasteiger partial charge in [-0.1, -0.05) is 32.9 Å². The summed E-state index contributed by atoms with van der Waals surface area (Å²) in [5.41, 5.74) is 1.95. The monoisotopic (exact) mass is 216 g/mol. The van der Waals surface area contributed by atoms with Gasteiger partial charge in [-0.3, -0.25) is 0 Å². The lowest BCUT2D eigenvalue weighted by Crippen LogP contribution is -2.23. The van der Waals surface area contributed by atoms with Gasteiger partial charge in [0.05, 0.1) is 11.6 Å². The maximum atomic E-state index is 8.67. The maximum absolute atomic E-state index is 8.67. The van der Waals surface area contributed by atoms with E-state index < -0.39 is 0 Å². The van der Waals surface area contributed by atoms with E-state index in [0.717, 1.165) is 18.7 Å². The molecular weight excluding hydrogens is 196 g/mol. The Morgan fingerprint density at radius 3 is 2.31 bits per heavy atom. The summed E-state index contributed by atoms with van der Waals surface area (Å²) in [4.78, 5) is 0. The molecule has 2 heteroatoms. The van der Waals surface area contributed by atoms with E-state index in [0.29, 0.717) is 11.8 Å². The number of nitrogens with one attached hydrogen (secondary N) is 1. The number of hydrogen-bond donors (Lipinski definition) is 1. The molecule has 0 fully saturated rings. The molecule has 0 unspecified atom stereocenters. The van der Waals surface area contributed by atoms with Crippen molar-refractivity contribution < 1.29 is 0 Å². The van der Waals surface area contributed by atoms with Gasteiger partial charge >= 0.3 is 0 Å². The number of rotatable bonds is 5. The normalized spacial score (nSPS) is 12.4. The molecule has 0 bridgehead atoms. The fraction of sp³-hybridized carbons (Fsp3) is 0.500.